The van der Waals surface area contributed by atoms with E-state index in [9.17, 15) is 9.18 Å². The van der Waals surface area contributed by atoms with Gasteiger partial charge in [0.1, 0.15) is 11.6 Å². The monoisotopic (exact) mass is 327 g/mol. The normalized spacial score (nSPS) is 10.8. The number of rotatable bonds is 6. The predicted molar refractivity (Wildman–Crippen MR) is 89.1 cm³/mol. The summed E-state index contributed by atoms with van der Waals surface area (Å²) in [6.45, 7) is 0.790. The summed E-state index contributed by atoms with van der Waals surface area (Å²) in [4.78, 5) is 12.0. The van der Waals surface area contributed by atoms with Crippen LogP contribution in [0.4, 0.5) is 4.39 Å². The fourth-order valence-corrected chi connectivity index (χ4v) is 2.51. The number of hydrogen-bond acceptors (Lipinski definition) is 3. The van der Waals surface area contributed by atoms with Gasteiger partial charge in [-0.3, -0.25) is 9.48 Å². The molecule has 0 atom stereocenters. The molecule has 0 unspecified atom stereocenters. The van der Waals surface area contributed by atoms with Crippen molar-refractivity contribution >= 4 is 16.8 Å². The van der Waals surface area contributed by atoms with Gasteiger partial charge in [-0.05, 0) is 35.9 Å². The zero-order chi connectivity index (χ0) is 16.9. The maximum absolute atomic E-state index is 13.1. The van der Waals surface area contributed by atoms with Gasteiger partial charge in [0, 0.05) is 18.4 Å². The number of hydrogen-bond donors (Lipinski definition) is 1. The average molecular weight is 327 g/mol. The van der Waals surface area contributed by atoms with Crippen molar-refractivity contribution in [1.29, 1.82) is 0 Å². The molecule has 0 saturated carbocycles. The third-order valence-electron chi connectivity index (χ3n) is 3.78. The number of fused-ring (bicyclic) bond motifs is 1. The Bertz CT molecular complexity index is 860. The lowest BCUT2D eigenvalue weighted by Gasteiger charge is -2.07. The molecule has 1 aromatic heterocycles. The van der Waals surface area contributed by atoms with E-state index in [1.807, 2.05) is 18.2 Å². The van der Waals surface area contributed by atoms with Crippen molar-refractivity contribution < 1.29 is 13.9 Å². The Balaban J connectivity index is 1.56. The molecule has 124 valence electrons. The first-order valence-corrected chi connectivity index (χ1v) is 7.66. The molecule has 2 aromatic carbocycles. The van der Waals surface area contributed by atoms with Gasteiger partial charge in [0.05, 0.1) is 25.4 Å². The average Bonchev–Trinajstić information content (AvgIpc) is 3.00. The molecule has 0 bridgehead atoms. The van der Waals surface area contributed by atoms with E-state index >= 15 is 0 Å². The lowest BCUT2D eigenvalue weighted by atomic mass is 10.2. The minimum absolute atomic E-state index is 0.101. The van der Waals surface area contributed by atoms with Gasteiger partial charge in [0.2, 0.25) is 5.91 Å². The molecular weight excluding hydrogens is 309 g/mol. The van der Waals surface area contributed by atoms with Crippen molar-refractivity contribution in [2.24, 2.45) is 0 Å². The highest BCUT2D eigenvalue weighted by Crippen LogP contribution is 2.20. The van der Waals surface area contributed by atoms with Crippen LogP contribution in [-0.2, 0) is 17.9 Å². The molecule has 3 aromatic rings. The number of ether oxygens (including phenoxy) is 1. The molecule has 3 rings (SSSR count). The van der Waals surface area contributed by atoms with Crippen LogP contribution in [0.5, 0.6) is 5.75 Å². The van der Waals surface area contributed by atoms with Crippen molar-refractivity contribution in [3.05, 3.63) is 60.0 Å². The Morgan fingerprint density at radius 3 is 2.96 bits per heavy atom. The highest BCUT2D eigenvalue weighted by atomic mass is 19.1. The number of carbonyl (C=O) groups excluding carboxylic acids is 1. The van der Waals surface area contributed by atoms with Crippen LogP contribution in [0.25, 0.3) is 10.9 Å². The Labute approximate surface area is 139 Å². The van der Waals surface area contributed by atoms with Crippen molar-refractivity contribution in [3.8, 4) is 5.75 Å². The second-order valence-electron chi connectivity index (χ2n) is 5.45. The number of benzene rings is 2. The summed E-state index contributed by atoms with van der Waals surface area (Å²) in [6, 6.07) is 11.9. The van der Waals surface area contributed by atoms with E-state index in [2.05, 4.69) is 10.4 Å². The lowest BCUT2D eigenvalue weighted by molar-refractivity contribution is -0.121. The van der Waals surface area contributed by atoms with Crippen LogP contribution in [0.3, 0.4) is 0 Å². The Hall–Kier alpha value is -2.89. The van der Waals surface area contributed by atoms with Crippen molar-refractivity contribution in [2.45, 2.75) is 19.5 Å². The number of aromatic nitrogens is 2. The molecule has 1 heterocycles. The highest BCUT2D eigenvalue weighted by Gasteiger charge is 2.07. The Morgan fingerprint density at radius 1 is 1.29 bits per heavy atom. The number of amides is 1. The summed E-state index contributed by atoms with van der Waals surface area (Å²) in [5.41, 5.74) is 1.69. The fourth-order valence-electron chi connectivity index (χ4n) is 2.51. The van der Waals surface area contributed by atoms with Gasteiger partial charge in [-0.1, -0.05) is 12.1 Å². The Kier molecular flexibility index (Phi) is 4.74. The van der Waals surface area contributed by atoms with Crippen LogP contribution >= 0.6 is 0 Å². The molecule has 1 amide bonds. The van der Waals surface area contributed by atoms with Gasteiger partial charge in [-0.15, -0.1) is 0 Å². The van der Waals surface area contributed by atoms with Crippen LogP contribution in [-0.4, -0.2) is 22.8 Å². The molecule has 0 radical (unpaired) electrons. The summed E-state index contributed by atoms with van der Waals surface area (Å²) in [5.74, 6) is 0.367. The third-order valence-corrected chi connectivity index (χ3v) is 3.78. The molecule has 0 aliphatic rings. The van der Waals surface area contributed by atoms with Crippen LogP contribution in [0, 0.1) is 5.82 Å². The van der Waals surface area contributed by atoms with Crippen LogP contribution in [0.2, 0.25) is 0 Å². The van der Waals surface area contributed by atoms with Gasteiger partial charge >= 0.3 is 0 Å². The van der Waals surface area contributed by atoms with E-state index in [1.54, 1.807) is 30.1 Å². The minimum Gasteiger partial charge on any atom is -0.497 e. The number of nitrogens with one attached hydrogen (secondary N) is 1. The molecule has 0 spiro atoms. The van der Waals surface area contributed by atoms with Crippen LogP contribution in [0.1, 0.15) is 12.0 Å². The van der Waals surface area contributed by atoms with Gasteiger partial charge in [-0.25, -0.2) is 4.39 Å². The van der Waals surface area contributed by atoms with Crippen molar-refractivity contribution in [1.82, 2.24) is 15.1 Å². The first-order valence-electron chi connectivity index (χ1n) is 7.66. The molecule has 5 nitrogen and oxygen atoms in total. The maximum atomic E-state index is 13.1. The van der Waals surface area contributed by atoms with Crippen LogP contribution < -0.4 is 10.1 Å². The fraction of sp³-hybridized carbons (Fsp3) is 0.222. The summed E-state index contributed by atoms with van der Waals surface area (Å²) < 4.78 is 20.1. The second-order valence-corrected chi connectivity index (χ2v) is 5.45. The quantitative estimate of drug-likeness (QED) is 0.757. The first-order chi connectivity index (χ1) is 11.7. The topological polar surface area (TPSA) is 56.2 Å². The number of aryl methyl sites for hydroxylation is 1. The van der Waals surface area contributed by atoms with E-state index < -0.39 is 0 Å². The van der Waals surface area contributed by atoms with Crippen molar-refractivity contribution in [2.75, 3.05) is 7.11 Å². The number of methoxy groups -OCH3 is 1. The molecule has 0 aliphatic carbocycles. The smallest absolute Gasteiger partial charge is 0.222 e. The zero-order valence-corrected chi connectivity index (χ0v) is 13.3. The standard InChI is InChI=1S/C18H18FN3O2/c1-24-16-5-6-17-14(10-16)12-21-22(17)8-7-18(23)20-11-13-3-2-4-15(19)9-13/h2-6,9-10,12H,7-8,11H2,1H3,(H,20,23). The molecule has 0 fully saturated rings. The number of carbonyl (C=O) groups is 1. The largest absolute Gasteiger partial charge is 0.497 e. The molecule has 24 heavy (non-hydrogen) atoms. The summed E-state index contributed by atoms with van der Waals surface area (Å²) >= 11 is 0. The number of nitrogens with zero attached hydrogens (tertiary/aromatic N) is 2. The second kappa shape index (κ2) is 7.12. The van der Waals surface area contributed by atoms with E-state index in [0.29, 0.717) is 19.5 Å². The zero-order valence-electron chi connectivity index (χ0n) is 13.3. The predicted octanol–water partition coefficient (Wildman–Crippen LogP) is 2.89. The van der Waals surface area contributed by atoms with Gasteiger partial charge < -0.3 is 10.1 Å². The SMILES string of the molecule is COc1ccc2c(cnn2CCC(=O)NCc2cccc(F)c2)c1. The summed E-state index contributed by atoms with van der Waals surface area (Å²) in [6.07, 6.45) is 2.06. The molecule has 0 saturated heterocycles. The Morgan fingerprint density at radius 2 is 2.17 bits per heavy atom. The van der Waals surface area contributed by atoms with E-state index in [4.69, 9.17) is 4.74 Å². The third kappa shape index (κ3) is 3.71. The van der Waals surface area contributed by atoms with Crippen molar-refractivity contribution in [3.63, 3.8) is 0 Å². The van der Waals surface area contributed by atoms with Gasteiger partial charge in [-0.2, -0.15) is 5.10 Å². The van der Waals surface area contributed by atoms with E-state index in [0.717, 1.165) is 22.2 Å². The molecule has 1 N–H and O–H groups in total. The number of halogens is 1. The lowest BCUT2D eigenvalue weighted by Crippen LogP contribution is -2.24. The van der Waals surface area contributed by atoms with Crippen LogP contribution in [0.15, 0.2) is 48.7 Å². The van der Waals surface area contributed by atoms with E-state index in [-0.39, 0.29) is 11.7 Å². The maximum Gasteiger partial charge on any atom is 0.222 e. The highest BCUT2D eigenvalue weighted by molar-refractivity contribution is 5.80. The summed E-state index contributed by atoms with van der Waals surface area (Å²) in [7, 11) is 1.62. The first kappa shape index (κ1) is 16.0. The van der Waals surface area contributed by atoms with Gasteiger partial charge in [0.15, 0.2) is 0 Å². The van der Waals surface area contributed by atoms with Gasteiger partial charge in [0.25, 0.3) is 0 Å². The molecule has 0 aliphatic heterocycles. The summed E-state index contributed by atoms with van der Waals surface area (Å²) in [5, 5.41) is 8.06. The molecule has 6 heteroatoms. The molecular formula is C18H18FN3O2. The van der Waals surface area contributed by atoms with E-state index in [1.165, 1.54) is 12.1 Å². The minimum atomic E-state index is -0.305.